The number of benzene rings is 3. The number of rotatable bonds is 9. The summed E-state index contributed by atoms with van der Waals surface area (Å²) in [5, 5.41) is 2.69. The molecule has 3 aromatic rings. The van der Waals surface area contributed by atoms with Crippen molar-refractivity contribution in [3.05, 3.63) is 96.1 Å². The van der Waals surface area contributed by atoms with Gasteiger partial charge in [0.2, 0.25) is 0 Å². The molecule has 0 saturated heterocycles. The van der Waals surface area contributed by atoms with Gasteiger partial charge in [-0.1, -0.05) is 48.5 Å². The number of anilines is 1. The Balaban J connectivity index is 1.72. The standard InChI is InChI=1S/C24H24N2O5S/c1-2-31-24(28)22(17-18-9-5-3-6-10-18)25-23(27)19-13-15-21(16-14-19)32(29,30)26-20-11-7-4-8-12-20/h3-16,22,26H,2,17H2,1H3,(H,25,27). The maximum atomic E-state index is 12.7. The number of para-hydroxylation sites is 1. The van der Waals surface area contributed by atoms with E-state index in [9.17, 15) is 18.0 Å². The van der Waals surface area contributed by atoms with Gasteiger partial charge < -0.3 is 10.1 Å². The fourth-order valence-corrected chi connectivity index (χ4v) is 4.09. The van der Waals surface area contributed by atoms with Crippen LogP contribution >= 0.6 is 0 Å². The minimum atomic E-state index is -3.80. The second kappa shape index (κ2) is 10.6. The third kappa shape index (κ3) is 6.18. The predicted molar refractivity (Wildman–Crippen MR) is 122 cm³/mol. The summed E-state index contributed by atoms with van der Waals surface area (Å²) in [5.41, 5.74) is 1.54. The van der Waals surface area contributed by atoms with Crippen molar-refractivity contribution in [2.75, 3.05) is 11.3 Å². The van der Waals surface area contributed by atoms with Crippen molar-refractivity contribution < 1.29 is 22.7 Å². The third-order valence-corrected chi connectivity index (χ3v) is 6.01. The molecule has 0 saturated carbocycles. The van der Waals surface area contributed by atoms with Gasteiger partial charge in [0.1, 0.15) is 6.04 Å². The Morgan fingerprint density at radius 3 is 2.06 bits per heavy atom. The van der Waals surface area contributed by atoms with E-state index in [1.165, 1.54) is 24.3 Å². The van der Waals surface area contributed by atoms with Gasteiger partial charge in [-0.15, -0.1) is 0 Å². The fraction of sp³-hybridized carbons (Fsp3) is 0.167. The highest BCUT2D eigenvalue weighted by Crippen LogP contribution is 2.16. The number of hydrogen-bond donors (Lipinski definition) is 2. The average Bonchev–Trinajstić information content (AvgIpc) is 2.80. The first-order valence-electron chi connectivity index (χ1n) is 10.1. The van der Waals surface area contributed by atoms with Crippen LogP contribution in [0.5, 0.6) is 0 Å². The zero-order valence-electron chi connectivity index (χ0n) is 17.5. The lowest BCUT2D eigenvalue weighted by Crippen LogP contribution is -2.43. The van der Waals surface area contributed by atoms with Gasteiger partial charge in [0.05, 0.1) is 11.5 Å². The number of ether oxygens (including phenoxy) is 1. The number of sulfonamides is 1. The molecule has 7 nitrogen and oxygen atoms in total. The molecule has 3 rings (SSSR count). The first-order valence-corrected chi connectivity index (χ1v) is 11.6. The monoisotopic (exact) mass is 452 g/mol. The first kappa shape index (κ1) is 23.0. The minimum absolute atomic E-state index is 0.0177. The molecule has 0 radical (unpaired) electrons. The van der Waals surface area contributed by atoms with E-state index < -0.39 is 27.9 Å². The van der Waals surface area contributed by atoms with E-state index in [0.717, 1.165) is 5.56 Å². The van der Waals surface area contributed by atoms with E-state index in [0.29, 0.717) is 5.69 Å². The lowest BCUT2D eigenvalue weighted by Gasteiger charge is -2.17. The quantitative estimate of drug-likeness (QED) is 0.485. The van der Waals surface area contributed by atoms with Crippen molar-refractivity contribution in [1.82, 2.24) is 5.32 Å². The lowest BCUT2D eigenvalue weighted by molar-refractivity contribution is -0.145. The maximum Gasteiger partial charge on any atom is 0.328 e. The molecule has 0 aliphatic carbocycles. The fourth-order valence-electron chi connectivity index (χ4n) is 3.03. The number of carbonyl (C=O) groups excluding carboxylic acids is 2. The summed E-state index contributed by atoms with van der Waals surface area (Å²) in [7, 11) is -3.80. The van der Waals surface area contributed by atoms with Gasteiger partial charge in [-0.05, 0) is 48.9 Å². The van der Waals surface area contributed by atoms with E-state index in [2.05, 4.69) is 10.0 Å². The SMILES string of the molecule is CCOC(=O)C(Cc1ccccc1)NC(=O)c1ccc(S(=O)(=O)Nc2ccccc2)cc1. The number of carbonyl (C=O) groups is 2. The zero-order chi connectivity index (χ0) is 23.0. The van der Waals surface area contributed by atoms with Crippen molar-refractivity contribution >= 4 is 27.6 Å². The average molecular weight is 453 g/mol. The summed E-state index contributed by atoms with van der Waals surface area (Å²) >= 11 is 0. The Morgan fingerprint density at radius 1 is 0.875 bits per heavy atom. The van der Waals surface area contributed by atoms with Gasteiger partial charge in [-0.2, -0.15) is 0 Å². The molecular weight excluding hydrogens is 428 g/mol. The summed E-state index contributed by atoms with van der Waals surface area (Å²) in [6.07, 6.45) is 0.277. The molecule has 1 unspecified atom stereocenters. The van der Waals surface area contributed by atoms with Gasteiger partial charge in [0.25, 0.3) is 15.9 Å². The van der Waals surface area contributed by atoms with E-state index in [4.69, 9.17) is 4.74 Å². The molecule has 0 aliphatic rings. The third-order valence-electron chi connectivity index (χ3n) is 4.61. The lowest BCUT2D eigenvalue weighted by atomic mass is 10.1. The molecule has 1 atom stereocenters. The molecule has 0 bridgehead atoms. The van der Waals surface area contributed by atoms with Gasteiger partial charge in [-0.25, -0.2) is 13.2 Å². The molecule has 8 heteroatoms. The Bertz CT molecular complexity index is 1150. The van der Waals surface area contributed by atoms with Gasteiger partial charge in [0.15, 0.2) is 0 Å². The van der Waals surface area contributed by atoms with Crippen LogP contribution in [0.25, 0.3) is 0 Å². The predicted octanol–water partition coefficient (Wildman–Crippen LogP) is 3.39. The Kier molecular flexibility index (Phi) is 7.62. The molecular formula is C24H24N2O5S. The zero-order valence-corrected chi connectivity index (χ0v) is 18.3. The molecule has 32 heavy (non-hydrogen) atoms. The van der Waals surface area contributed by atoms with Crippen LogP contribution in [0.1, 0.15) is 22.8 Å². The number of esters is 1. The molecule has 0 spiro atoms. The topological polar surface area (TPSA) is 102 Å². The summed E-state index contributed by atoms with van der Waals surface area (Å²) in [6.45, 7) is 1.89. The maximum absolute atomic E-state index is 12.7. The number of nitrogens with one attached hydrogen (secondary N) is 2. The second-order valence-electron chi connectivity index (χ2n) is 6.96. The van der Waals surface area contributed by atoms with Gasteiger partial charge >= 0.3 is 5.97 Å². The Hall–Kier alpha value is -3.65. The smallest absolute Gasteiger partial charge is 0.328 e. The Morgan fingerprint density at radius 2 is 1.47 bits per heavy atom. The first-order chi connectivity index (χ1) is 15.4. The van der Waals surface area contributed by atoms with Crippen LogP contribution in [-0.2, 0) is 26.0 Å². The van der Waals surface area contributed by atoms with Crippen LogP contribution in [-0.4, -0.2) is 32.9 Å². The second-order valence-corrected chi connectivity index (χ2v) is 8.65. The van der Waals surface area contributed by atoms with Crippen molar-refractivity contribution in [3.63, 3.8) is 0 Å². The molecule has 166 valence electrons. The van der Waals surface area contributed by atoms with Crippen LogP contribution in [0.15, 0.2) is 89.8 Å². The highest BCUT2D eigenvalue weighted by atomic mass is 32.2. The van der Waals surface area contributed by atoms with Crippen LogP contribution in [0.3, 0.4) is 0 Å². The normalized spacial score (nSPS) is 11.9. The number of amides is 1. The van der Waals surface area contributed by atoms with E-state index >= 15 is 0 Å². The summed E-state index contributed by atoms with van der Waals surface area (Å²) < 4.78 is 32.7. The molecule has 3 aromatic carbocycles. The van der Waals surface area contributed by atoms with E-state index in [1.54, 1.807) is 37.3 Å². The molecule has 0 aliphatic heterocycles. The molecule has 0 aromatic heterocycles. The summed E-state index contributed by atoms with van der Waals surface area (Å²) in [5.74, 6) is -1.03. The van der Waals surface area contributed by atoms with Gasteiger partial charge in [-0.3, -0.25) is 9.52 Å². The van der Waals surface area contributed by atoms with Crippen molar-refractivity contribution in [3.8, 4) is 0 Å². The van der Waals surface area contributed by atoms with Crippen molar-refractivity contribution in [2.24, 2.45) is 0 Å². The highest BCUT2D eigenvalue weighted by molar-refractivity contribution is 7.92. The minimum Gasteiger partial charge on any atom is -0.464 e. The summed E-state index contributed by atoms with van der Waals surface area (Å²) in [4.78, 5) is 25.1. The number of hydrogen-bond acceptors (Lipinski definition) is 5. The molecule has 0 heterocycles. The van der Waals surface area contributed by atoms with Crippen LogP contribution in [0.2, 0.25) is 0 Å². The van der Waals surface area contributed by atoms with Crippen LogP contribution in [0, 0.1) is 0 Å². The van der Waals surface area contributed by atoms with E-state index in [-0.39, 0.29) is 23.5 Å². The van der Waals surface area contributed by atoms with Crippen molar-refractivity contribution in [2.45, 2.75) is 24.3 Å². The molecule has 0 fully saturated rings. The van der Waals surface area contributed by atoms with Gasteiger partial charge in [0, 0.05) is 17.7 Å². The summed E-state index contributed by atoms with van der Waals surface area (Å²) in [6, 6.07) is 22.4. The molecule has 2 N–H and O–H groups in total. The highest BCUT2D eigenvalue weighted by Gasteiger charge is 2.23. The molecule has 1 amide bonds. The van der Waals surface area contributed by atoms with Crippen LogP contribution < -0.4 is 10.0 Å². The largest absolute Gasteiger partial charge is 0.464 e. The van der Waals surface area contributed by atoms with Crippen LogP contribution in [0.4, 0.5) is 5.69 Å². The Labute approximate surface area is 187 Å². The van der Waals surface area contributed by atoms with E-state index in [1.807, 2.05) is 30.3 Å². The van der Waals surface area contributed by atoms with Crippen molar-refractivity contribution in [1.29, 1.82) is 0 Å².